The molecule has 0 aromatic carbocycles. The van der Waals surface area contributed by atoms with Crippen molar-refractivity contribution in [1.82, 2.24) is 9.88 Å². The lowest BCUT2D eigenvalue weighted by Gasteiger charge is -2.37. The molecule has 3 fully saturated rings. The Balaban J connectivity index is 1.01. The number of fused-ring (bicyclic) bond motifs is 1. The second kappa shape index (κ2) is 9.86. The van der Waals surface area contributed by atoms with Gasteiger partial charge in [0.1, 0.15) is 17.7 Å². The Bertz CT molecular complexity index is 748. The molecule has 1 unspecified atom stereocenters. The van der Waals surface area contributed by atoms with Crippen molar-refractivity contribution >= 4 is 11.6 Å². The summed E-state index contributed by atoms with van der Waals surface area (Å²) < 4.78 is 11.3. The molecule has 1 aliphatic carbocycles. The van der Waals surface area contributed by atoms with E-state index in [9.17, 15) is 4.79 Å². The summed E-state index contributed by atoms with van der Waals surface area (Å²) in [6.45, 7) is 7.13. The van der Waals surface area contributed by atoms with Gasteiger partial charge in [-0.05, 0) is 56.6 Å². The van der Waals surface area contributed by atoms with Gasteiger partial charge in [0.15, 0.2) is 5.78 Å². The monoisotopic (exact) mass is 427 g/mol. The molecular formula is C25H37N3O3. The highest BCUT2D eigenvalue weighted by Gasteiger charge is 2.29. The molecule has 0 bridgehead atoms. The third kappa shape index (κ3) is 5.06. The van der Waals surface area contributed by atoms with Crippen molar-refractivity contribution in [3.05, 3.63) is 17.8 Å². The van der Waals surface area contributed by atoms with Gasteiger partial charge in [-0.15, -0.1) is 0 Å². The lowest BCUT2D eigenvalue weighted by molar-refractivity contribution is -0.129. The smallest absolute Gasteiger partial charge is 0.161 e. The van der Waals surface area contributed by atoms with Gasteiger partial charge < -0.3 is 14.4 Å². The van der Waals surface area contributed by atoms with Crippen molar-refractivity contribution < 1.29 is 14.3 Å². The van der Waals surface area contributed by atoms with Crippen molar-refractivity contribution in [2.24, 2.45) is 11.8 Å². The molecule has 6 nitrogen and oxygen atoms in total. The van der Waals surface area contributed by atoms with Crippen molar-refractivity contribution in [2.45, 2.75) is 63.9 Å². The Kier molecular flexibility index (Phi) is 6.75. The summed E-state index contributed by atoms with van der Waals surface area (Å²) in [5.74, 6) is 3.97. The Morgan fingerprint density at radius 1 is 1.03 bits per heavy atom. The van der Waals surface area contributed by atoms with Gasteiger partial charge in [-0.3, -0.25) is 9.69 Å². The summed E-state index contributed by atoms with van der Waals surface area (Å²) >= 11 is 0. The van der Waals surface area contributed by atoms with Gasteiger partial charge in [0.2, 0.25) is 0 Å². The Hall–Kier alpha value is -1.66. The van der Waals surface area contributed by atoms with E-state index in [0.717, 1.165) is 82.6 Å². The highest BCUT2D eigenvalue weighted by Crippen LogP contribution is 2.35. The van der Waals surface area contributed by atoms with E-state index >= 15 is 0 Å². The van der Waals surface area contributed by atoms with Crippen molar-refractivity contribution in [3.8, 4) is 5.75 Å². The fraction of sp³-hybridized carbons (Fsp3) is 0.760. The summed E-state index contributed by atoms with van der Waals surface area (Å²) in [5.41, 5.74) is 1.30. The summed E-state index contributed by atoms with van der Waals surface area (Å²) in [4.78, 5) is 22.1. The molecule has 170 valence electrons. The second-order valence-corrected chi connectivity index (χ2v) is 9.89. The average molecular weight is 428 g/mol. The molecule has 0 N–H and O–H groups in total. The van der Waals surface area contributed by atoms with E-state index in [2.05, 4.69) is 14.8 Å². The molecule has 3 aliphatic heterocycles. The summed E-state index contributed by atoms with van der Waals surface area (Å²) in [7, 11) is 0. The van der Waals surface area contributed by atoms with Gasteiger partial charge in [0, 0.05) is 57.4 Å². The van der Waals surface area contributed by atoms with Crippen LogP contribution in [0.25, 0.3) is 0 Å². The van der Waals surface area contributed by atoms with E-state index in [4.69, 9.17) is 9.47 Å². The quantitative estimate of drug-likeness (QED) is 0.664. The van der Waals surface area contributed by atoms with E-state index in [-0.39, 0.29) is 6.10 Å². The number of rotatable bonds is 7. The predicted octanol–water partition coefficient (Wildman–Crippen LogP) is 3.47. The van der Waals surface area contributed by atoms with Crippen LogP contribution in [0.3, 0.4) is 0 Å². The number of anilines is 1. The summed E-state index contributed by atoms with van der Waals surface area (Å²) in [5, 5.41) is 0. The second-order valence-electron chi connectivity index (χ2n) is 9.89. The Morgan fingerprint density at radius 3 is 2.61 bits per heavy atom. The maximum atomic E-state index is 12.4. The minimum Gasteiger partial charge on any atom is -0.493 e. The molecule has 6 heteroatoms. The van der Waals surface area contributed by atoms with Crippen LogP contribution in [-0.4, -0.2) is 67.7 Å². The van der Waals surface area contributed by atoms with Crippen molar-refractivity contribution in [1.29, 1.82) is 0 Å². The zero-order valence-electron chi connectivity index (χ0n) is 18.8. The zero-order valence-corrected chi connectivity index (χ0v) is 18.8. The topological polar surface area (TPSA) is 54.9 Å². The van der Waals surface area contributed by atoms with Crippen LogP contribution in [0.1, 0.15) is 56.9 Å². The standard InChI is InChI=1S/C25H37N3O3/c29-22(24-2-1-16-30-24)18-20-5-3-19(4-6-20)8-11-27-12-14-28(15-13-27)25-21-9-17-31-23(21)7-10-26-25/h7,10,19-20,24H,1-6,8-9,11-18H2. The number of ether oxygens (including phenoxy) is 2. The van der Waals surface area contributed by atoms with Crippen molar-refractivity contribution in [2.75, 3.05) is 50.8 Å². The molecule has 4 heterocycles. The van der Waals surface area contributed by atoms with Crippen LogP contribution in [0, 0.1) is 11.8 Å². The van der Waals surface area contributed by atoms with Crippen LogP contribution in [-0.2, 0) is 16.0 Å². The molecule has 2 saturated heterocycles. The highest BCUT2D eigenvalue weighted by molar-refractivity contribution is 5.83. The zero-order chi connectivity index (χ0) is 21.0. The summed E-state index contributed by atoms with van der Waals surface area (Å²) in [6, 6.07) is 2.00. The number of nitrogens with zero attached hydrogens (tertiary/aromatic N) is 3. The first kappa shape index (κ1) is 21.2. The van der Waals surface area contributed by atoms with Crippen LogP contribution in [0.15, 0.2) is 12.3 Å². The minimum absolute atomic E-state index is 0.0870. The maximum Gasteiger partial charge on any atom is 0.161 e. The lowest BCUT2D eigenvalue weighted by atomic mass is 9.78. The number of pyridine rings is 1. The molecule has 5 rings (SSSR count). The van der Waals surface area contributed by atoms with Gasteiger partial charge in [-0.1, -0.05) is 12.8 Å². The van der Waals surface area contributed by atoms with Crippen LogP contribution >= 0.6 is 0 Å². The molecule has 0 spiro atoms. The van der Waals surface area contributed by atoms with Gasteiger partial charge >= 0.3 is 0 Å². The average Bonchev–Trinajstić information content (AvgIpc) is 3.51. The molecule has 1 saturated carbocycles. The molecule has 0 radical (unpaired) electrons. The van der Waals surface area contributed by atoms with Gasteiger partial charge in [-0.25, -0.2) is 4.98 Å². The maximum absolute atomic E-state index is 12.4. The third-order valence-corrected chi connectivity index (χ3v) is 7.87. The normalized spacial score (nSPS) is 29.0. The van der Waals surface area contributed by atoms with Gasteiger partial charge in [-0.2, -0.15) is 0 Å². The lowest BCUT2D eigenvalue weighted by Crippen LogP contribution is -2.47. The third-order valence-electron chi connectivity index (χ3n) is 7.87. The number of carbonyl (C=O) groups is 1. The van der Waals surface area contributed by atoms with Crippen molar-refractivity contribution in [3.63, 3.8) is 0 Å². The fourth-order valence-corrected chi connectivity index (χ4v) is 5.89. The largest absolute Gasteiger partial charge is 0.493 e. The number of ketones is 1. The van der Waals surface area contributed by atoms with Crippen LogP contribution < -0.4 is 9.64 Å². The number of hydrogen-bond donors (Lipinski definition) is 0. The van der Waals surface area contributed by atoms with E-state index < -0.39 is 0 Å². The molecule has 1 aromatic rings. The summed E-state index contributed by atoms with van der Waals surface area (Å²) in [6.07, 6.45) is 11.9. The predicted molar refractivity (Wildman–Crippen MR) is 121 cm³/mol. The number of hydrogen-bond acceptors (Lipinski definition) is 6. The minimum atomic E-state index is -0.0870. The first-order chi connectivity index (χ1) is 15.3. The molecular weight excluding hydrogens is 390 g/mol. The van der Waals surface area contributed by atoms with E-state index in [0.29, 0.717) is 11.7 Å². The first-order valence-electron chi connectivity index (χ1n) is 12.5. The highest BCUT2D eigenvalue weighted by atomic mass is 16.5. The fourth-order valence-electron chi connectivity index (χ4n) is 5.89. The molecule has 0 amide bonds. The van der Waals surface area contributed by atoms with Crippen LogP contribution in [0.2, 0.25) is 0 Å². The van der Waals surface area contributed by atoms with Crippen LogP contribution in [0.5, 0.6) is 5.75 Å². The number of Topliss-reactive ketones (excluding diaryl/α,β-unsaturated/α-hetero) is 1. The van der Waals surface area contributed by atoms with Gasteiger partial charge in [0.05, 0.1) is 6.61 Å². The molecule has 4 aliphatic rings. The number of carbonyl (C=O) groups excluding carboxylic acids is 1. The Morgan fingerprint density at radius 2 is 1.84 bits per heavy atom. The van der Waals surface area contributed by atoms with Gasteiger partial charge in [0.25, 0.3) is 0 Å². The van der Waals surface area contributed by atoms with E-state index in [1.165, 1.54) is 44.2 Å². The molecule has 1 aromatic heterocycles. The van der Waals surface area contributed by atoms with E-state index in [1.807, 2.05) is 12.3 Å². The Labute approximate surface area is 186 Å². The molecule has 1 atom stereocenters. The van der Waals surface area contributed by atoms with Crippen LogP contribution in [0.4, 0.5) is 5.82 Å². The number of aromatic nitrogens is 1. The first-order valence-corrected chi connectivity index (χ1v) is 12.5. The number of piperazine rings is 1. The molecule has 31 heavy (non-hydrogen) atoms. The van der Waals surface area contributed by atoms with E-state index in [1.54, 1.807) is 0 Å². The SMILES string of the molecule is O=C(CC1CCC(CCN2CCN(c3nccc4c3CCO4)CC2)CC1)C1CCCO1.